The van der Waals surface area contributed by atoms with Crippen LogP contribution < -0.4 is 0 Å². The largest absolute Gasteiger partial charge is 0.344 e. The number of aryl methyl sites for hydroxylation is 1. The van der Waals surface area contributed by atoms with Gasteiger partial charge in [0.15, 0.2) is 6.29 Å². The van der Waals surface area contributed by atoms with E-state index in [1.54, 1.807) is 0 Å². The zero-order valence-corrected chi connectivity index (χ0v) is 11.7. The summed E-state index contributed by atoms with van der Waals surface area (Å²) in [5, 5.41) is 0.702. The lowest BCUT2D eigenvalue weighted by Gasteiger charge is -2.33. The fraction of sp³-hybridized carbons (Fsp3) is 0.643. The molecule has 0 aliphatic heterocycles. The number of carbonyl (C=O) groups excluding carboxylic acids is 1. The number of nitrogens with zero attached hydrogens (tertiary/aromatic N) is 1. The van der Waals surface area contributed by atoms with Gasteiger partial charge in [-0.15, -0.1) is 0 Å². The summed E-state index contributed by atoms with van der Waals surface area (Å²) < 4.78 is 2.39. The van der Waals surface area contributed by atoms with Crippen molar-refractivity contribution in [3.05, 3.63) is 23.0 Å². The molecule has 17 heavy (non-hydrogen) atoms. The molecule has 1 aliphatic carbocycles. The Morgan fingerprint density at radius 1 is 1.35 bits per heavy atom. The predicted octanol–water partition coefficient (Wildman–Crippen LogP) is 3.76. The standard InChI is InChI=1S/C14H21NOS/c1-10-8-12(9-16)11(2)15(10)13-6-4-5-7-14(13)17-3/h8-9,13-14H,4-7H2,1-3H3. The topological polar surface area (TPSA) is 22.0 Å². The quantitative estimate of drug-likeness (QED) is 0.763. The zero-order valence-electron chi connectivity index (χ0n) is 10.9. The van der Waals surface area contributed by atoms with Crippen LogP contribution in [0, 0.1) is 13.8 Å². The molecule has 1 fully saturated rings. The molecule has 0 aromatic carbocycles. The molecule has 1 aromatic heterocycles. The van der Waals surface area contributed by atoms with Gasteiger partial charge in [-0.3, -0.25) is 4.79 Å². The third-order valence-electron chi connectivity index (χ3n) is 3.95. The van der Waals surface area contributed by atoms with Crippen LogP contribution in [-0.2, 0) is 0 Å². The summed E-state index contributed by atoms with van der Waals surface area (Å²) >= 11 is 1.97. The third-order valence-corrected chi connectivity index (χ3v) is 5.11. The fourth-order valence-corrected chi connectivity index (χ4v) is 4.05. The summed E-state index contributed by atoms with van der Waals surface area (Å²) in [5.74, 6) is 0. The Morgan fingerprint density at radius 3 is 2.65 bits per heavy atom. The summed E-state index contributed by atoms with van der Waals surface area (Å²) in [4.78, 5) is 11.0. The molecule has 2 nitrogen and oxygen atoms in total. The van der Waals surface area contributed by atoms with Gasteiger partial charge in [0, 0.05) is 28.2 Å². The van der Waals surface area contributed by atoms with Gasteiger partial charge in [0.05, 0.1) is 0 Å². The van der Waals surface area contributed by atoms with E-state index in [2.05, 4.69) is 24.7 Å². The highest BCUT2D eigenvalue weighted by molar-refractivity contribution is 7.99. The Hall–Kier alpha value is -0.700. The number of carbonyl (C=O) groups is 1. The van der Waals surface area contributed by atoms with Gasteiger partial charge in [-0.1, -0.05) is 12.8 Å². The molecule has 2 atom stereocenters. The summed E-state index contributed by atoms with van der Waals surface area (Å²) in [7, 11) is 0. The van der Waals surface area contributed by atoms with Crippen molar-refractivity contribution in [1.29, 1.82) is 0 Å². The molecule has 1 heterocycles. The lowest BCUT2D eigenvalue weighted by Crippen LogP contribution is -2.26. The molecular weight excluding hydrogens is 230 g/mol. The van der Waals surface area contributed by atoms with Crippen molar-refractivity contribution < 1.29 is 4.79 Å². The second kappa shape index (κ2) is 5.30. The Morgan fingerprint density at radius 2 is 2.06 bits per heavy atom. The molecule has 0 radical (unpaired) electrons. The van der Waals surface area contributed by atoms with E-state index in [1.807, 2.05) is 17.8 Å². The van der Waals surface area contributed by atoms with Crippen LogP contribution in [0.15, 0.2) is 6.07 Å². The van der Waals surface area contributed by atoms with Gasteiger partial charge >= 0.3 is 0 Å². The Bertz CT molecular complexity index is 411. The van der Waals surface area contributed by atoms with E-state index in [1.165, 1.54) is 31.4 Å². The van der Waals surface area contributed by atoms with Gasteiger partial charge < -0.3 is 4.57 Å². The number of hydrogen-bond acceptors (Lipinski definition) is 2. The summed E-state index contributed by atoms with van der Waals surface area (Å²) in [6, 6.07) is 2.60. The monoisotopic (exact) mass is 251 g/mol. The second-order valence-corrected chi connectivity index (χ2v) is 6.02. The molecule has 0 N–H and O–H groups in total. The molecule has 1 aromatic rings. The minimum atomic E-state index is 0.576. The molecular formula is C14H21NOS. The van der Waals surface area contributed by atoms with E-state index < -0.39 is 0 Å². The fourth-order valence-electron chi connectivity index (χ4n) is 3.08. The maximum Gasteiger partial charge on any atom is 0.151 e. The SMILES string of the molecule is CSC1CCCCC1n1c(C)cc(C=O)c1C. The smallest absolute Gasteiger partial charge is 0.151 e. The summed E-state index contributed by atoms with van der Waals surface area (Å²) in [6.45, 7) is 4.19. The zero-order chi connectivity index (χ0) is 12.4. The lowest BCUT2D eigenvalue weighted by molar-refractivity contribution is 0.112. The van der Waals surface area contributed by atoms with Gasteiger partial charge in [0.1, 0.15) is 0 Å². The average molecular weight is 251 g/mol. The molecule has 0 spiro atoms. The van der Waals surface area contributed by atoms with Crippen LogP contribution in [0.25, 0.3) is 0 Å². The first-order valence-corrected chi connectivity index (χ1v) is 7.64. The first kappa shape index (κ1) is 12.7. The van der Waals surface area contributed by atoms with Crippen molar-refractivity contribution in [3.63, 3.8) is 0 Å². The number of aldehydes is 1. The second-order valence-electron chi connectivity index (χ2n) is 4.94. The van der Waals surface area contributed by atoms with E-state index in [9.17, 15) is 4.79 Å². The van der Waals surface area contributed by atoms with Crippen molar-refractivity contribution in [1.82, 2.24) is 4.57 Å². The van der Waals surface area contributed by atoms with Gasteiger partial charge in [-0.2, -0.15) is 11.8 Å². The van der Waals surface area contributed by atoms with Crippen molar-refractivity contribution in [2.45, 2.75) is 50.8 Å². The van der Waals surface area contributed by atoms with Crippen LogP contribution in [0.1, 0.15) is 53.5 Å². The van der Waals surface area contributed by atoms with Gasteiger partial charge in [0.2, 0.25) is 0 Å². The first-order chi connectivity index (χ1) is 8.19. The normalized spacial score (nSPS) is 24.9. The maximum absolute atomic E-state index is 11.0. The van der Waals surface area contributed by atoms with Gasteiger partial charge in [0.25, 0.3) is 0 Å². The molecule has 1 aliphatic rings. The molecule has 0 saturated heterocycles. The summed E-state index contributed by atoms with van der Waals surface area (Å²) in [6.07, 6.45) is 8.41. The van der Waals surface area contributed by atoms with Crippen LogP contribution in [0.5, 0.6) is 0 Å². The number of thioether (sulfide) groups is 1. The minimum Gasteiger partial charge on any atom is -0.344 e. The lowest BCUT2D eigenvalue weighted by atomic mass is 9.94. The first-order valence-electron chi connectivity index (χ1n) is 6.35. The van der Waals surface area contributed by atoms with Crippen molar-refractivity contribution >= 4 is 18.0 Å². The van der Waals surface area contributed by atoms with E-state index in [0.717, 1.165) is 17.5 Å². The van der Waals surface area contributed by atoms with Gasteiger partial charge in [-0.05, 0) is 39.0 Å². The van der Waals surface area contributed by atoms with E-state index in [-0.39, 0.29) is 0 Å². The van der Waals surface area contributed by atoms with Crippen LogP contribution >= 0.6 is 11.8 Å². The number of hydrogen-bond donors (Lipinski definition) is 0. The molecule has 1 saturated carbocycles. The van der Waals surface area contributed by atoms with Crippen LogP contribution in [0.4, 0.5) is 0 Å². The molecule has 3 heteroatoms. The van der Waals surface area contributed by atoms with Crippen molar-refractivity contribution in [3.8, 4) is 0 Å². The van der Waals surface area contributed by atoms with Gasteiger partial charge in [-0.25, -0.2) is 0 Å². The van der Waals surface area contributed by atoms with E-state index in [4.69, 9.17) is 0 Å². The van der Waals surface area contributed by atoms with Crippen LogP contribution in [-0.4, -0.2) is 22.4 Å². The van der Waals surface area contributed by atoms with E-state index in [0.29, 0.717) is 11.3 Å². The molecule has 0 bridgehead atoms. The van der Waals surface area contributed by atoms with E-state index >= 15 is 0 Å². The third kappa shape index (κ3) is 2.30. The van der Waals surface area contributed by atoms with Crippen LogP contribution in [0.3, 0.4) is 0 Å². The average Bonchev–Trinajstić information content (AvgIpc) is 2.64. The molecule has 94 valence electrons. The highest BCUT2D eigenvalue weighted by atomic mass is 32.2. The number of aromatic nitrogens is 1. The minimum absolute atomic E-state index is 0.576. The Kier molecular flexibility index (Phi) is 3.97. The Labute approximate surface area is 108 Å². The molecule has 2 unspecified atom stereocenters. The Balaban J connectivity index is 2.37. The highest BCUT2D eigenvalue weighted by Gasteiger charge is 2.28. The van der Waals surface area contributed by atoms with Crippen molar-refractivity contribution in [2.75, 3.05) is 6.26 Å². The highest BCUT2D eigenvalue weighted by Crippen LogP contribution is 2.37. The predicted molar refractivity (Wildman–Crippen MR) is 74.1 cm³/mol. The van der Waals surface area contributed by atoms with Crippen molar-refractivity contribution in [2.24, 2.45) is 0 Å². The molecule has 2 rings (SSSR count). The molecule has 0 amide bonds. The van der Waals surface area contributed by atoms with Crippen LogP contribution in [0.2, 0.25) is 0 Å². The maximum atomic E-state index is 11.0. The number of rotatable bonds is 3. The summed E-state index contributed by atoms with van der Waals surface area (Å²) in [5.41, 5.74) is 3.23.